The van der Waals surface area contributed by atoms with E-state index >= 15 is 0 Å². The third kappa shape index (κ3) is 3.84. The van der Waals surface area contributed by atoms with Crippen molar-refractivity contribution in [2.75, 3.05) is 47.4 Å². The van der Waals surface area contributed by atoms with Gasteiger partial charge in [0.1, 0.15) is 0 Å². The molecule has 2 aliphatic heterocycles. The number of benzene rings is 1. The molecule has 0 bridgehead atoms. The number of rotatable bonds is 4. The molecule has 0 spiro atoms. The molecular weight excluding hydrogens is 380 g/mol. The standard InChI is InChI=1S/C23H32N4O3/c1-24(2)22(28)15-25(3)23(29)16-5-6-20-18(13-16)19-14-27(10-7-21(19)26(20)4)17-8-11-30-12-9-17/h5-6,13,17H,7-12,14-15H2,1-4H3. The number of aromatic nitrogens is 1. The second-order valence-corrected chi connectivity index (χ2v) is 8.73. The fraction of sp³-hybridized carbons (Fsp3) is 0.565. The van der Waals surface area contributed by atoms with E-state index in [9.17, 15) is 9.59 Å². The fourth-order valence-corrected chi connectivity index (χ4v) is 4.73. The van der Waals surface area contributed by atoms with E-state index in [1.807, 2.05) is 18.2 Å². The van der Waals surface area contributed by atoms with Crippen LogP contribution in [0, 0.1) is 0 Å². The summed E-state index contributed by atoms with van der Waals surface area (Å²) < 4.78 is 7.82. The highest BCUT2D eigenvalue weighted by Gasteiger charge is 2.29. The lowest BCUT2D eigenvalue weighted by atomic mass is 9.99. The Morgan fingerprint density at radius 1 is 1.17 bits per heavy atom. The van der Waals surface area contributed by atoms with Crippen molar-refractivity contribution in [1.29, 1.82) is 0 Å². The van der Waals surface area contributed by atoms with Crippen molar-refractivity contribution in [3.63, 3.8) is 0 Å². The maximum Gasteiger partial charge on any atom is 0.254 e. The van der Waals surface area contributed by atoms with Crippen LogP contribution in [-0.2, 0) is 29.5 Å². The minimum Gasteiger partial charge on any atom is -0.381 e. The number of carbonyl (C=O) groups is 2. The van der Waals surface area contributed by atoms with Gasteiger partial charge in [0.2, 0.25) is 5.91 Å². The predicted octanol–water partition coefficient (Wildman–Crippen LogP) is 1.88. The lowest BCUT2D eigenvalue weighted by Gasteiger charge is -2.37. The van der Waals surface area contributed by atoms with Crippen LogP contribution in [0.15, 0.2) is 18.2 Å². The van der Waals surface area contributed by atoms with Crippen molar-refractivity contribution in [2.45, 2.75) is 31.8 Å². The Bertz CT molecular complexity index is 959. The summed E-state index contributed by atoms with van der Waals surface area (Å²) in [6, 6.07) is 6.51. The average molecular weight is 413 g/mol. The van der Waals surface area contributed by atoms with Gasteiger partial charge in [-0.15, -0.1) is 0 Å². The molecule has 0 radical (unpaired) electrons. The van der Waals surface area contributed by atoms with Crippen LogP contribution < -0.4 is 0 Å². The van der Waals surface area contributed by atoms with Gasteiger partial charge in [0, 0.05) is 89.1 Å². The van der Waals surface area contributed by atoms with Crippen LogP contribution in [0.2, 0.25) is 0 Å². The van der Waals surface area contributed by atoms with E-state index in [2.05, 4.69) is 16.5 Å². The molecule has 1 fully saturated rings. The molecule has 30 heavy (non-hydrogen) atoms. The zero-order valence-corrected chi connectivity index (χ0v) is 18.5. The summed E-state index contributed by atoms with van der Waals surface area (Å²) in [5.41, 5.74) is 4.51. The Morgan fingerprint density at radius 2 is 1.90 bits per heavy atom. The van der Waals surface area contributed by atoms with Gasteiger partial charge < -0.3 is 19.1 Å². The molecule has 0 saturated carbocycles. The highest BCUT2D eigenvalue weighted by Crippen LogP contribution is 2.33. The van der Waals surface area contributed by atoms with E-state index in [1.165, 1.54) is 21.1 Å². The van der Waals surface area contributed by atoms with Crippen LogP contribution in [0.25, 0.3) is 10.9 Å². The third-order valence-corrected chi connectivity index (χ3v) is 6.61. The van der Waals surface area contributed by atoms with E-state index in [1.54, 1.807) is 21.1 Å². The van der Waals surface area contributed by atoms with Gasteiger partial charge in [-0.2, -0.15) is 0 Å². The summed E-state index contributed by atoms with van der Waals surface area (Å²) in [7, 11) is 7.20. The molecule has 7 nitrogen and oxygen atoms in total. The van der Waals surface area contributed by atoms with Crippen LogP contribution in [0.1, 0.15) is 34.5 Å². The first-order chi connectivity index (χ1) is 14.4. The molecule has 1 saturated heterocycles. The molecular formula is C23H32N4O3. The van der Waals surface area contributed by atoms with Crippen LogP contribution in [0.4, 0.5) is 0 Å². The lowest BCUT2D eigenvalue weighted by Crippen LogP contribution is -2.42. The van der Waals surface area contributed by atoms with Crippen molar-refractivity contribution in [3.05, 3.63) is 35.0 Å². The molecule has 7 heteroatoms. The second-order valence-electron chi connectivity index (χ2n) is 8.73. The monoisotopic (exact) mass is 412 g/mol. The number of amides is 2. The van der Waals surface area contributed by atoms with Gasteiger partial charge in [-0.1, -0.05) is 0 Å². The quantitative estimate of drug-likeness (QED) is 0.769. The zero-order chi connectivity index (χ0) is 21.4. The third-order valence-electron chi connectivity index (χ3n) is 6.61. The minimum atomic E-state index is -0.123. The molecule has 0 atom stereocenters. The lowest BCUT2D eigenvalue weighted by molar-refractivity contribution is -0.129. The Kier molecular flexibility index (Phi) is 5.84. The first-order valence-electron chi connectivity index (χ1n) is 10.7. The molecule has 162 valence electrons. The van der Waals surface area contributed by atoms with Crippen molar-refractivity contribution < 1.29 is 14.3 Å². The summed E-state index contributed by atoms with van der Waals surface area (Å²) >= 11 is 0. The van der Waals surface area contributed by atoms with Crippen molar-refractivity contribution >= 4 is 22.7 Å². The van der Waals surface area contributed by atoms with Crippen molar-refractivity contribution in [2.24, 2.45) is 7.05 Å². The zero-order valence-electron chi connectivity index (χ0n) is 18.5. The van der Waals surface area contributed by atoms with Crippen LogP contribution in [0.5, 0.6) is 0 Å². The first kappa shape index (κ1) is 20.9. The molecule has 2 amide bonds. The number of hydrogen-bond acceptors (Lipinski definition) is 4. The highest BCUT2D eigenvalue weighted by molar-refractivity contribution is 6.00. The van der Waals surface area contributed by atoms with Gasteiger partial charge in [0.05, 0.1) is 6.54 Å². The molecule has 0 unspecified atom stereocenters. The van der Waals surface area contributed by atoms with E-state index in [4.69, 9.17) is 4.74 Å². The normalized spacial score (nSPS) is 17.7. The second kappa shape index (κ2) is 8.40. The Labute approximate surface area is 178 Å². The van der Waals surface area contributed by atoms with Gasteiger partial charge in [0.15, 0.2) is 0 Å². The first-order valence-corrected chi connectivity index (χ1v) is 10.7. The predicted molar refractivity (Wildman–Crippen MR) is 117 cm³/mol. The number of carbonyl (C=O) groups excluding carboxylic acids is 2. The maximum atomic E-state index is 13.0. The Balaban J connectivity index is 1.61. The van der Waals surface area contributed by atoms with E-state index in [0.29, 0.717) is 11.6 Å². The molecule has 4 rings (SSSR count). The molecule has 2 aromatic rings. The summed E-state index contributed by atoms with van der Waals surface area (Å²) in [6.45, 7) is 3.77. The van der Waals surface area contributed by atoms with E-state index < -0.39 is 0 Å². The average Bonchev–Trinajstić information content (AvgIpc) is 3.04. The number of hydrogen-bond donors (Lipinski definition) is 0. The topological polar surface area (TPSA) is 58.0 Å². The Morgan fingerprint density at radius 3 is 2.60 bits per heavy atom. The maximum absolute atomic E-state index is 13.0. The molecule has 1 aromatic carbocycles. The van der Waals surface area contributed by atoms with Crippen LogP contribution in [-0.4, -0.2) is 84.6 Å². The number of fused-ring (bicyclic) bond motifs is 3. The van der Waals surface area contributed by atoms with Crippen LogP contribution >= 0.6 is 0 Å². The number of aryl methyl sites for hydroxylation is 1. The molecule has 1 aromatic heterocycles. The summed E-state index contributed by atoms with van der Waals surface area (Å²) in [6.07, 6.45) is 3.21. The van der Waals surface area contributed by atoms with Gasteiger partial charge >= 0.3 is 0 Å². The van der Waals surface area contributed by atoms with Crippen molar-refractivity contribution in [3.8, 4) is 0 Å². The largest absolute Gasteiger partial charge is 0.381 e. The summed E-state index contributed by atoms with van der Waals surface area (Å²) in [5, 5.41) is 1.16. The molecule has 0 aliphatic carbocycles. The summed E-state index contributed by atoms with van der Waals surface area (Å²) in [5.74, 6) is -0.210. The van der Waals surface area contributed by atoms with Crippen LogP contribution in [0.3, 0.4) is 0 Å². The van der Waals surface area contributed by atoms with Gasteiger partial charge in [-0.25, -0.2) is 0 Å². The number of nitrogens with zero attached hydrogens (tertiary/aromatic N) is 4. The fourth-order valence-electron chi connectivity index (χ4n) is 4.73. The minimum absolute atomic E-state index is 0.0777. The summed E-state index contributed by atoms with van der Waals surface area (Å²) in [4.78, 5) is 30.5. The number of ether oxygens (including phenoxy) is 1. The highest BCUT2D eigenvalue weighted by atomic mass is 16.5. The van der Waals surface area contributed by atoms with Crippen molar-refractivity contribution in [1.82, 2.24) is 19.3 Å². The SMILES string of the molecule is CN(C)C(=O)CN(C)C(=O)c1ccc2c(c1)c1c(n2C)CCN(C2CCOCC2)C1. The molecule has 2 aliphatic rings. The van der Waals surface area contributed by atoms with Gasteiger partial charge in [-0.3, -0.25) is 14.5 Å². The Hall–Kier alpha value is -2.38. The van der Waals surface area contributed by atoms with Gasteiger partial charge in [-0.05, 0) is 36.6 Å². The molecule has 3 heterocycles. The van der Waals surface area contributed by atoms with E-state index in [-0.39, 0.29) is 18.4 Å². The van der Waals surface area contributed by atoms with Gasteiger partial charge in [0.25, 0.3) is 5.91 Å². The smallest absolute Gasteiger partial charge is 0.254 e. The molecule has 0 N–H and O–H groups in total. The number of likely N-dealkylation sites (N-methyl/N-ethyl adjacent to an activating group) is 2. The van der Waals surface area contributed by atoms with E-state index in [0.717, 1.165) is 56.5 Å².